The van der Waals surface area contributed by atoms with E-state index in [0.29, 0.717) is 25.4 Å². The van der Waals surface area contributed by atoms with Crippen LogP contribution in [0.2, 0.25) is 0 Å². The van der Waals surface area contributed by atoms with Crippen molar-refractivity contribution in [3.63, 3.8) is 0 Å². The highest BCUT2D eigenvalue weighted by atomic mass is 32.1. The quantitative estimate of drug-likeness (QED) is 0.868. The molecule has 1 saturated carbocycles. The molecule has 1 aromatic rings. The van der Waals surface area contributed by atoms with Crippen molar-refractivity contribution in [2.24, 2.45) is 5.73 Å². The van der Waals surface area contributed by atoms with Gasteiger partial charge in [0.05, 0.1) is 18.8 Å². The fourth-order valence-corrected chi connectivity index (χ4v) is 3.48. The molecule has 3 rings (SSSR count). The number of fused-ring (bicyclic) bond motifs is 1. The number of thiazole rings is 1. The number of nitrogens with zero attached hydrogens (tertiary/aromatic N) is 2. The summed E-state index contributed by atoms with van der Waals surface area (Å²) in [7, 11) is 0. The van der Waals surface area contributed by atoms with Crippen molar-refractivity contribution in [3.05, 3.63) is 16.1 Å². The number of nitrogens with two attached hydrogens (primary N) is 1. The van der Waals surface area contributed by atoms with Crippen LogP contribution in [0.3, 0.4) is 0 Å². The molecular formula is C12H17N3O2S. The van der Waals surface area contributed by atoms with Gasteiger partial charge in [-0.05, 0) is 19.3 Å². The zero-order chi connectivity index (χ0) is 12.5. The predicted octanol–water partition coefficient (Wildman–Crippen LogP) is 0.995. The second-order valence-electron chi connectivity index (χ2n) is 4.74. The standard InChI is InChI=1S/C12H17N3O2S/c13-6-11-14-8(7-18-11)12(16)15-4-5-17-10-3-1-2-9(10)15/h7,9-10H,1-6,13H2. The highest BCUT2D eigenvalue weighted by Gasteiger charge is 2.39. The number of carbonyl (C=O) groups is 1. The minimum absolute atomic E-state index is 0.0335. The molecule has 18 heavy (non-hydrogen) atoms. The van der Waals surface area contributed by atoms with Crippen molar-refractivity contribution in [2.75, 3.05) is 13.2 Å². The van der Waals surface area contributed by atoms with Crippen molar-refractivity contribution in [1.82, 2.24) is 9.88 Å². The summed E-state index contributed by atoms with van der Waals surface area (Å²) >= 11 is 1.45. The third-order valence-corrected chi connectivity index (χ3v) is 4.56. The first-order chi connectivity index (χ1) is 8.79. The lowest BCUT2D eigenvalue weighted by molar-refractivity contribution is -0.0447. The number of ether oxygens (including phenoxy) is 1. The fraction of sp³-hybridized carbons (Fsp3) is 0.667. The highest BCUT2D eigenvalue weighted by Crippen LogP contribution is 2.30. The largest absolute Gasteiger partial charge is 0.374 e. The van der Waals surface area contributed by atoms with Crippen molar-refractivity contribution < 1.29 is 9.53 Å². The van der Waals surface area contributed by atoms with Crippen LogP contribution in [0.1, 0.15) is 34.8 Å². The van der Waals surface area contributed by atoms with Crippen LogP contribution < -0.4 is 5.73 Å². The Morgan fingerprint density at radius 1 is 1.61 bits per heavy atom. The molecule has 2 aliphatic rings. The van der Waals surface area contributed by atoms with E-state index in [1.807, 2.05) is 10.3 Å². The van der Waals surface area contributed by atoms with E-state index < -0.39 is 0 Å². The lowest BCUT2D eigenvalue weighted by Gasteiger charge is -2.37. The van der Waals surface area contributed by atoms with Gasteiger partial charge in [0.25, 0.3) is 5.91 Å². The third-order valence-electron chi connectivity index (χ3n) is 3.69. The minimum atomic E-state index is 0.0335. The second-order valence-corrected chi connectivity index (χ2v) is 5.68. The van der Waals surface area contributed by atoms with Gasteiger partial charge in [-0.2, -0.15) is 0 Å². The van der Waals surface area contributed by atoms with E-state index in [1.54, 1.807) is 0 Å². The van der Waals surface area contributed by atoms with Gasteiger partial charge in [-0.15, -0.1) is 11.3 Å². The molecule has 1 aromatic heterocycles. The smallest absolute Gasteiger partial charge is 0.273 e. The topological polar surface area (TPSA) is 68.5 Å². The van der Waals surface area contributed by atoms with Crippen molar-refractivity contribution >= 4 is 17.2 Å². The zero-order valence-corrected chi connectivity index (χ0v) is 11.0. The molecular weight excluding hydrogens is 250 g/mol. The van der Waals surface area contributed by atoms with E-state index in [-0.39, 0.29) is 18.1 Å². The van der Waals surface area contributed by atoms with Crippen LogP contribution in [0.25, 0.3) is 0 Å². The normalized spacial score (nSPS) is 27.3. The molecule has 2 atom stereocenters. The maximum atomic E-state index is 12.4. The van der Waals surface area contributed by atoms with Gasteiger partial charge < -0.3 is 15.4 Å². The van der Waals surface area contributed by atoms with Crippen LogP contribution in [0.15, 0.2) is 5.38 Å². The summed E-state index contributed by atoms with van der Waals surface area (Å²) in [4.78, 5) is 18.7. The summed E-state index contributed by atoms with van der Waals surface area (Å²) in [6.45, 7) is 1.71. The Balaban J connectivity index is 1.78. The second kappa shape index (κ2) is 4.95. The average molecular weight is 267 g/mol. The first kappa shape index (κ1) is 12.1. The Labute approximate surface area is 110 Å². The Morgan fingerprint density at radius 3 is 3.28 bits per heavy atom. The third kappa shape index (κ3) is 2.04. The first-order valence-electron chi connectivity index (χ1n) is 6.36. The van der Waals surface area contributed by atoms with Gasteiger partial charge in [0.2, 0.25) is 0 Å². The summed E-state index contributed by atoms with van der Waals surface area (Å²) < 4.78 is 5.71. The maximum Gasteiger partial charge on any atom is 0.273 e. The van der Waals surface area contributed by atoms with Gasteiger partial charge in [-0.25, -0.2) is 4.98 Å². The molecule has 2 fully saturated rings. The van der Waals surface area contributed by atoms with E-state index in [0.717, 1.165) is 24.3 Å². The van der Waals surface area contributed by atoms with E-state index in [2.05, 4.69) is 4.98 Å². The molecule has 5 nitrogen and oxygen atoms in total. The molecule has 1 amide bonds. The van der Waals surface area contributed by atoms with Gasteiger partial charge in [0, 0.05) is 18.5 Å². The monoisotopic (exact) mass is 267 g/mol. The molecule has 1 saturated heterocycles. The zero-order valence-electron chi connectivity index (χ0n) is 10.2. The summed E-state index contributed by atoms with van der Waals surface area (Å²) in [5.74, 6) is 0.0335. The molecule has 2 N–H and O–H groups in total. The summed E-state index contributed by atoms with van der Waals surface area (Å²) in [5, 5.41) is 2.62. The number of aromatic nitrogens is 1. The average Bonchev–Trinajstić information content (AvgIpc) is 3.05. The van der Waals surface area contributed by atoms with Crippen LogP contribution in [-0.2, 0) is 11.3 Å². The van der Waals surface area contributed by atoms with E-state index in [4.69, 9.17) is 10.5 Å². The molecule has 2 unspecified atom stereocenters. The predicted molar refractivity (Wildman–Crippen MR) is 68.4 cm³/mol. The van der Waals surface area contributed by atoms with Crippen LogP contribution in [0.4, 0.5) is 0 Å². The van der Waals surface area contributed by atoms with Crippen molar-refractivity contribution in [1.29, 1.82) is 0 Å². The lowest BCUT2D eigenvalue weighted by Crippen LogP contribution is -2.51. The van der Waals surface area contributed by atoms with Crippen LogP contribution in [0, 0.1) is 0 Å². The van der Waals surface area contributed by atoms with E-state index in [9.17, 15) is 4.79 Å². The minimum Gasteiger partial charge on any atom is -0.374 e. The van der Waals surface area contributed by atoms with E-state index in [1.165, 1.54) is 11.3 Å². The number of hydrogen-bond donors (Lipinski definition) is 1. The SMILES string of the molecule is NCc1nc(C(=O)N2CCOC3CCCC32)cs1. The van der Waals surface area contributed by atoms with Gasteiger partial charge >= 0.3 is 0 Å². The van der Waals surface area contributed by atoms with Gasteiger partial charge in [0.1, 0.15) is 10.7 Å². The number of hydrogen-bond acceptors (Lipinski definition) is 5. The lowest BCUT2D eigenvalue weighted by atomic mass is 10.1. The Bertz CT molecular complexity index is 448. The van der Waals surface area contributed by atoms with Gasteiger partial charge in [-0.1, -0.05) is 0 Å². The Kier molecular flexibility index (Phi) is 3.32. The first-order valence-corrected chi connectivity index (χ1v) is 7.24. The summed E-state index contributed by atoms with van der Waals surface area (Å²) in [5.41, 5.74) is 6.07. The van der Waals surface area contributed by atoms with Gasteiger partial charge in [-0.3, -0.25) is 4.79 Å². The number of amides is 1. The maximum absolute atomic E-state index is 12.4. The molecule has 98 valence electrons. The molecule has 0 spiro atoms. The van der Waals surface area contributed by atoms with E-state index >= 15 is 0 Å². The van der Waals surface area contributed by atoms with Crippen molar-refractivity contribution in [2.45, 2.75) is 38.0 Å². The number of carbonyl (C=O) groups excluding carboxylic acids is 1. The summed E-state index contributed by atoms with van der Waals surface area (Å²) in [6, 6.07) is 0.245. The fourth-order valence-electron chi connectivity index (χ4n) is 2.83. The molecule has 2 heterocycles. The Hall–Kier alpha value is -0.980. The molecule has 1 aliphatic carbocycles. The highest BCUT2D eigenvalue weighted by molar-refractivity contribution is 7.09. The number of morpholine rings is 1. The van der Waals surface area contributed by atoms with Gasteiger partial charge in [0.15, 0.2) is 0 Å². The van der Waals surface area contributed by atoms with Crippen LogP contribution in [-0.4, -0.2) is 41.1 Å². The Morgan fingerprint density at radius 2 is 2.50 bits per heavy atom. The number of rotatable bonds is 2. The molecule has 1 aliphatic heterocycles. The van der Waals surface area contributed by atoms with Crippen molar-refractivity contribution in [3.8, 4) is 0 Å². The summed E-state index contributed by atoms with van der Waals surface area (Å²) in [6.07, 6.45) is 3.49. The molecule has 0 aromatic carbocycles. The van der Waals surface area contributed by atoms with Crippen LogP contribution in [0.5, 0.6) is 0 Å². The molecule has 0 bridgehead atoms. The van der Waals surface area contributed by atoms with Crippen LogP contribution >= 0.6 is 11.3 Å². The molecule has 6 heteroatoms. The molecule has 0 radical (unpaired) electrons.